The Bertz CT molecular complexity index is 346. The smallest absolute Gasteiger partial charge is 0.242 e. The maximum atomic E-state index is 11.7. The average molecular weight is 208 g/mol. The van der Waals surface area contributed by atoms with Crippen molar-refractivity contribution >= 4 is 11.7 Å². The minimum atomic E-state index is -0.0488. The van der Waals surface area contributed by atoms with E-state index in [4.69, 9.17) is 0 Å². The molecular weight excluding hydrogens is 192 g/mol. The van der Waals surface area contributed by atoms with Crippen molar-refractivity contribution in [2.45, 2.75) is 25.8 Å². The minimum Gasteiger partial charge on any atom is -0.308 e. The number of anilines is 1. The highest BCUT2D eigenvalue weighted by Crippen LogP contribution is 2.10. The Hall–Kier alpha value is -1.36. The van der Waals surface area contributed by atoms with Gasteiger partial charge in [0.25, 0.3) is 0 Å². The molecule has 1 amide bonds. The van der Waals surface area contributed by atoms with Gasteiger partial charge in [-0.2, -0.15) is 5.10 Å². The molecule has 1 aliphatic rings. The number of carbonyl (C=O) groups excluding carboxylic acids is 1. The van der Waals surface area contributed by atoms with Crippen LogP contribution in [0.2, 0.25) is 0 Å². The summed E-state index contributed by atoms with van der Waals surface area (Å²) in [4.78, 5) is 11.7. The van der Waals surface area contributed by atoms with E-state index in [2.05, 4.69) is 15.7 Å². The van der Waals surface area contributed by atoms with Crippen molar-refractivity contribution in [2.75, 3.05) is 11.9 Å². The molecule has 0 aliphatic carbocycles. The maximum Gasteiger partial charge on any atom is 0.242 e. The summed E-state index contributed by atoms with van der Waals surface area (Å²) in [5.41, 5.74) is 1.03. The number of carbonyl (C=O) groups is 1. The zero-order valence-corrected chi connectivity index (χ0v) is 9.08. The van der Waals surface area contributed by atoms with E-state index in [0.717, 1.165) is 25.1 Å². The van der Waals surface area contributed by atoms with Crippen LogP contribution in [0.1, 0.15) is 18.5 Å². The van der Waals surface area contributed by atoms with E-state index in [0.29, 0.717) is 5.82 Å². The van der Waals surface area contributed by atoms with Gasteiger partial charge in [0.05, 0.1) is 6.04 Å². The second-order valence-electron chi connectivity index (χ2n) is 3.93. The number of nitrogens with zero attached hydrogens (tertiary/aromatic N) is 2. The van der Waals surface area contributed by atoms with Crippen LogP contribution in [0.25, 0.3) is 0 Å². The predicted molar refractivity (Wildman–Crippen MR) is 57.6 cm³/mol. The summed E-state index contributed by atoms with van der Waals surface area (Å²) in [5.74, 6) is 0.652. The molecule has 0 aromatic carbocycles. The second-order valence-corrected chi connectivity index (χ2v) is 3.93. The molecule has 82 valence electrons. The van der Waals surface area contributed by atoms with Gasteiger partial charge in [0, 0.05) is 18.8 Å². The summed E-state index contributed by atoms with van der Waals surface area (Å²) in [5, 5.41) is 10.1. The lowest BCUT2D eigenvalue weighted by molar-refractivity contribution is -0.117. The Morgan fingerprint density at radius 2 is 2.53 bits per heavy atom. The summed E-state index contributed by atoms with van der Waals surface area (Å²) in [6.45, 7) is 2.88. The van der Waals surface area contributed by atoms with Crippen LogP contribution in [0.15, 0.2) is 6.07 Å². The van der Waals surface area contributed by atoms with Gasteiger partial charge in [-0.05, 0) is 26.3 Å². The number of rotatable bonds is 2. The van der Waals surface area contributed by atoms with E-state index in [1.165, 1.54) is 0 Å². The zero-order chi connectivity index (χ0) is 10.8. The molecule has 0 saturated carbocycles. The number of amides is 1. The van der Waals surface area contributed by atoms with E-state index in [9.17, 15) is 4.79 Å². The zero-order valence-electron chi connectivity index (χ0n) is 9.08. The standard InChI is InChI=1S/C10H16N4O/c1-7-6-9(13-14(7)2)12-10(15)8-4-3-5-11-8/h6,8,11H,3-5H2,1-2H3,(H,12,13,15)/t8-/m1/s1. The normalized spacial score (nSPS) is 20.5. The van der Waals surface area contributed by atoms with Gasteiger partial charge >= 0.3 is 0 Å². The molecule has 5 nitrogen and oxygen atoms in total. The van der Waals surface area contributed by atoms with Crippen molar-refractivity contribution in [3.8, 4) is 0 Å². The third-order valence-corrected chi connectivity index (χ3v) is 2.74. The largest absolute Gasteiger partial charge is 0.308 e. The highest BCUT2D eigenvalue weighted by atomic mass is 16.2. The molecule has 0 unspecified atom stereocenters. The molecule has 1 aromatic rings. The van der Waals surface area contributed by atoms with Crippen molar-refractivity contribution in [2.24, 2.45) is 7.05 Å². The fraction of sp³-hybridized carbons (Fsp3) is 0.600. The Balaban J connectivity index is 1.99. The van der Waals surface area contributed by atoms with Crippen LogP contribution in [-0.4, -0.2) is 28.3 Å². The van der Waals surface area contributed by atoms with Gasteiger partial charge in [-0.15, -0.1) is 0 Å². The van der Waals surface area contributed by atoms with Crippen LogP contribution in [0.5, 0.6) is 0 Å². The Kier molecular flexibility index (Phi) is 2.73. The highest BCUT2D eigenvalue weighted by molar-refractivity contribution is 5.94. The molecule has 1 atom stereocenters. The second kappa shape index (κ2) is 4.02. The molecule has 2 rings (SSSR count). The van der Waals surface area contributed by atoms with Gasteiger partial charge < -0.3 is 10.6 Å². The molecule has 2 heterocycles. The van der Waals surface area contributed by atoms with E-state index < -0.39 is 0 Å². The number of hydrogen-bond acceptors (Lipinski definition) is 3. The molecule has 0 bridgehead atoms. The SMILES string of the molecule is Cc1cc(NC(=O)[C@H]2CCCN2)nn1C. The summed E-state index contributed by atoms with van der Waals surface area (Å²) in [6, 6.07) is 1.82. The van der Waals surface area contributed by atoms with Gasteiger partial charge in [0.15, 0.2) is 5.82 Å². The van der Waals surface area contributed by atoms with E-state index >= 15 is 0 Å². The van der Waals surface area contributed by atoms with E-state index in [1.54, 1.807) is 4.68 Å². The number of hydrogen-bond donors (Lipinski definition) is 2. The fourth-order valence-corrected chi connectivity index (χ4v) is 1.74. The molecule has 0 spiro atoms. The third-order valence-electron chi connectivity index (χ3n) is 2.74. The molecule has 1 saturated heterocycles. The van der Waals surface area contributed by atoms with Crippen LogP contribution in [-0.2, 0) is 11.8 Å². The molecule has 2 N–H and O–H groups in total. The Morgan fingerprint density at radius 1 is 1.73 bits per heavy atom. The van der Waals surface area contributed by atoms with Gasteiger partial charge in [-0.25, -0.2) is 0 Å². The lowest BCUT2D eigenvalue weighted by atomic mass is 10.2. The minimum absolute atomic E-state index is 0.0191. The van der Waals surface area contributed by atoms with E-state index in [1.807, 2.05) is 20.0 Å². The quantitative estimate of drug-likeness (QED) is 0.740. The summed E-state index contributed by atoms with van der Waals surface area (Å²) in [7, 11) is 1.86. The topological polar surface area (TPSA) is 59.0 Å². The van der Waals surface area contributed by atoms with Gasteiger partial charge in [0.2, 0.25) is 5.91 Å². The lowest BCUT2D eigenvalue weighted by Gasteiger charge is -2.08. The first-order valence-electron chi connectivity index (χ1n) is 5.22. The third kappa shape index (κ3) is 2.18. The first kappa shape index (κ1) is 10.2. The highest BCUT2D eigenvalue weighted by Gasteiger charge is 2.22. The van der Waals surface area contributed by atoms with Gasteiger partial charge in [-0.3, -0.25) is 9.48 Å². The van der Waals surface area contributed by atoms with Gasteiger partial charge in [0.1, 0.15) is 0 Å². The van der Waals surface area contributed by atoms with Crippen molar-refractivity contribution in [1.29, 1.82) is 0 Å². The molecule has 15 heavy (non-hydrogen) atoms. The average Bonchev–Trinajstić information content (AvgIpc) is 2.77. The van der Waals surface area contributed by atoms with Crippen LogP contribution in [0.3, 0.4) is 0 Å². The summed E-state index contributed by atoms with van der Waals surface area (Å²) < 4.78 is 1.75. The van der Waals surface area contributed by atoms with Gasteiger partial charge in [-0.1, -0.05) is 0 Å². The molecule has 5 heteroatoms. The number of nitrogens with one attached hydrogen (secondary N) is 2. The van der Waals surface area contributed by atoms with Crippen molar-refractivity contribution in [3.63, 3.8) is 0 Å². The molecule has 1 aliphatic heterocycles. The predicted octanol–water partition coefficient (Wildman–Crippen LogP) is 0.419. The van der Waals surface area contributed by atoms with Crippen LogP contribution in [0.4, 0.5) is 5.82 Å². The molecule has 1 fully saturated rings. The first-order valence-corrected chi connectivity index (χ1v) is 5.22. The van der Waals surface area contributed by atoms with Crippen molar-refractivity contribution < 1.29 is 4.79 Å². The monoisotopic (exact) mass is 208 g/mol. The van der Waals surface area contributed by atoms with Crippen molar-refractivity contribution in [1.82, 2.24) is 15.1 Å². The number of aryl methyl sites for hydroxylation is 2. The van der Waals surface area contributed by atoms with Crippen LogP contribution < -0.4 is 10.6 Å². The maximum absolute atomic E-state index is 11.7. The number of aromatic nitrogens is 2. The Labute approximate surface area is 88.8 Å². The van der Waals surface area contributed by atoms with Crippen LogP contribution >= 0.6 is 0 Å². The Morgan fingerprint density at radius 3 is 3.07 bits per heavy atom. The molecular formula is C10H16N4O. The molecule has 0 radical (unpaired) electrons. The lowest BCUT2D eigenvalue weighted by Crippen LogP contribution is -2.35. The van der Waals surface area contributed by atoms with E-state index in [-0.39, 0.29) is 11.9 Å². The van der Waals surface area contributed by atoms with Crippen molar-refractivity contribution in [3.05, 3.63) is 11.8 Å². The molecule has 1 aromatic heterocycles. The van der Waals surface area contributed by atoms with Crippen LogP contribution in [0, 0.1) is 6.92 Å². The fourth-order valence-electron chi connectivity index (χ4n) is 1.74. The first-order chi connectivity index (χ1) is 7.16. The summed E-state index contributed by atoms with van der Waals surface area (Å²) >= 11 is 0. The summed E-state index contributed by atoms with van der Waals surface area (Å²) in [6.07, 6.45) is 1.98.